The molecule has 0 unspecified atom stereocenters. The van der Waals surface area contributed by atoms with Gasteiger partial charge in [0.2, 0.25) is 0 Å². The molecule has 0 spiro atoms. The molecule has 6 nitrogen and oxygen atoms in total. The van der Waals surface area contributed by atoms with E-state index in [1.807, 2.05) is 6.92 Å². The first-order valence-electron chi connectivity index (χ1n) is 7.28. The summed E-state index contributed by atoms with van der Waals surface area (Å²) in [6, 6.07) is 10.5. The van der Waals surface area contributed by atoms with Gasteiger partial charge < -0.3 is 14.9 Å². The quantitative estimate of drug-likeness (QED) is 0.532. The predicted octanol–water partition coefficient (Wildman–Crippen LogP) is 2.64. The van der Waals surface area contributed by atoms with Crippen LogP contribution < -0.4 is 4.74 Å². The maximum atomic E-state index is 12.2. The van der Waals surface area contributed by atoms with Crippen molar-refractivity contribution in [2.75, 3.05) is 12.4 Å². The van der Waals surface area contributed by atoms with Gasteiger partial charge in [-0.25, -0.2) is 13.2 Å². The second-order valence-electron chi connectivity index (χ2n) is 5.32. The third-order valence-corrected chi connectivity index (χ3v) is 5.22. The van der Waals surface area contributed by atoms with Crippen LogP contribution in [0.5, 0.6) is 11.5 Å². The molecule has 2 N–H and O–H groups in total. The Hall–Kier alpha value is -1.92. The van der Waals surface area contributed by atoms with Crippen LogP contribution in [0.3, 0.4) is 0 Å². The van der Waals surface area contributed by atoms with E-state index in [0.717, 1.165) is 5.56 Å². The Kier molecular flexibility index (Phi) is 7.58. The predicted molar refractivity (Wildman–Crippen MR) is 88.4 cm³/mol. The molecule has 0 atom stereocenters. The number of benzene rings is 2. The van der Waals surface area contributed by atoms with Gasteiger partial charge in [0.25, 0.3) is 0 Å². The van der Waals surface area contributed by atoms with Crippen LogP contribution in [0.4, 0.5) is 0 Å². The molecule has 2 aromatic carbocycles. The summed E-state index contributed by atoms with van der Waals surface area (Å²) < 4.78 is 29.7. The zero-order chi connectivity index (χ0) is 17.7. The standard InChI is InChI=1S/C17H18O6S.Zn/c1-12-3-6-14(7-4-12)24(21,22)10-2-9-23-13-5-8-15(17(19)20)16(18)11-13;/h3-8,11,18H,2,9-10H2,1H3,(H,19,20);. The SMILES string of the molecule is Cc1ccc(S(=O)(=O)CCCOc2ccc(C(=O)O)c(O)c2)cc1.[Zn]. The summed E-state index contributed by atoms with van der Waals surface area (Å²) in [5, 5.41) is 18.4. The fourth-order valence-electron chi connectivity index (χ4n) is 2.08. The van der Waals surface area contributed by atoms with E-state index in [2.05, 4.69) is 0 Å². The molecule has 0 aromatic heterocycles. The molecular weight excluding hydrogens is 398 g/mol. The van der Waals surface area contributed by atoms with Crippen molar-refractivity contribution in [3.05, 3.63) is 53.6 Å². The molecule has 0 fully saturated rings. The number of phenols is 1. The number of carbonyl (C=O) groups is 1. The number of hydrogen-bond donors (Lipinski definition) is 2. The summed E-state index contributed by atoms with van der Waals surface area (Å²) in [7, 11) is -3.36. The van der Waals surface area contributed by atoms with Crippen LogP contribution in [0.2, 0.25) is 0 Å². The van der Waals surface area contributed by atoms with Gasteiger partial charge in [0.1, 0.15) is 17.1 Å². The number of aromatic carboxylic acids is 1. The number of ether oxygens (including phenoxy) is 1. The van der Waals surface area contributed by atoms with E-state index < -0.39 is 21.6 Å². The molecule has 25 heavy (non-hydrogen) atoms. The fourth-order valence-corrected chi connectivity index (χ4v) is 3.37. The summed E-state index contributed by atoms with van der Waals surface area (Å²) >= 11 is 0. The van der Waals surface area contributed by atoms with Gasteiger partial charge in [0.15, 0.2) is 9.84 Å². The van der Waals surface area contributed by atoms with Crippen molar-refractivity contribution in [2.45, 2.75) is 18.2 Å². The largest absolute Gasteiger partial charge is 0.507 e. The van der Waals surface area contributed by atoms with Gasteiger partial charge in [-0.05, 0) is 37.6 Å². The van der Waals surface area contributed by atoms with Crippen LogP contribution >= 0.6 is 0 Å². The van der Waals surface area contributed by atoms with Gasteiger partial charge in [0, 0.05) is 25.5 Å². The van der Waals surface area contributed by atoms with Gasteiger partial charge in [-0.1, -0.05) is 17.7 Å². The van der Waals surface area contributed by atoms with Gasteiger partial charge in [-0.2, -0.15) is 0 Å². The molecule has 0 amide bonds. The molecule has 0 heterocycles. The van der Waals surface area contributed by atoms with E-state index in [1.165, 1.54) is 18.2 Å². The molecule has 0 saturated carbocycles. The van der Waals surface area contributed by atoms with Crippen molar-refractivity contribution in [1.82, 2.24) is 0 Å². The van der Waals surface area contributed by atoms with Crippen LogP contribution in [0, 0.1) is 6.92 Å². The van der Waals surface area contributed by atoms with Crippen molar-refractivity contribution < 1.29 is 47.6 Å². The molecule has 130 valence electrons. The van der Waals surface area contributed by atoms with Crippen LogP contribution in [-0.2, 0) is 29.3 Å². The Balaban J connectivity index is 0.00000312. The second-order valence-corrected chi connectivity index (χ2v) is 7.43. The van der Waals surface area contributed by atoms with Crippen LogP contribution in [-0.4, -0.2) is 37.0 Å². The Bertz CT molecular complexity index is 831. The number of sulfone groups is 1. The number of hydrogen-bond acceptors (Lipinski definition) is 5. The smallest absolute Gasteiger partial charge is 0.339 e. The second kappa shape index (κ2) is 8.97. The van der Waals surface area contributed by atoms with Crippen molar-refractivity contribution in [1.29, 1.82) is 0 Å². The van der Waals surface area contributed by atoms with E-state index in [4.69, 9.17) is 9.84 Å². The van der Waals surface area contributed by atoms with Crippen molar-refractivity contribution in [3.63, 3.8) is 0 Å². The topological polar surface area (TPSA) is 101 Å². The average Bonchev–Trinajstić information content (AvgIpc) is 2.52. The van der Waals surface area contributed by atoms with E-state index in [9.17, 15) is 18.3 Å². The van der Waals surface area contributed by atoms with E-state index in [-0.39, 0.29) is 54.5 Å². The first-order chi connectivity index (χ1) is 11.3. The Morgan fingerprint density at radius 1 is 1.12 bits per heavy atom. The van der Waals surface area contributed by atoms with Gasteiger partial charge in [0.05, 0.1) is 17.3 Å². The maximum absolute atomic E-state index is 12.2. The Labute approximate surface area is 159 Å². The number of aryl methyl sites for hydroxylation is 1. The molecule has 0 bridgehead atoms. The molecule has 0 radical (unpaired) electrons. The number of rotatable bonds is 7. The van der Waals surface area contributed by atoms with E-state index in [0.29, 0.717) is 0 Å². The summed E-state index contributed by atoms with van der Waals surface area (Å²) in [5.74, 6) is -1.41. The number of aromatic hydroxyl groups is 1. The minimum absolute atomic E-state index is 0. The van der Waals surface area contributed by atoms with E-state index >= 15 is 0 Å². The third-order valence-electron chi connectivity index (χ3n) is 3.41. The average molecular weight is 416 g/mol. The molecule has 2 aromatic rings. The first-order valence-corrected chi connectivity index (χ1v) is 8.93. The third kappa shape index (κ3) is 5.83. The maximum Gasteiger partial charge on any atom is 0.339 e. The first kappa shape index (κ1) is 21.1. The zero-order valence-electron chi connectivity index (χ0n) is 13.8. The summed E-state index contributed by atoms with van der Waals surface area (Å²) in [5.41, 5.74) is 0.770. The Morgan fingerprint density at radius 2 is 1.76 bits per heavy atom. The minimum atomic E-state index is -3.36. The minimum Gasteiger partial charge on any atom is -0.507 e. The summed E-state index contributed by atoms with van der Waals surface area (Å²) in [6.45, 7) is 2.02. The molecule has 2 rings (SSSR count). The number of carboxylic acids is 1. The number of carboxylic acid groups (broad SMARTS) is 1. The van der Waals surface area contributed by atoms with Crippen LogP contribution in [0.25, 0.3) is 0 Å². The molecular formula is C17H18O6SZn. The molecule has 0 aliphatic heterocycles. The molecule has 0 aliphatic rings. The zero-order valence-corrected chi connectivity index (χ0v) is 17.6. The fraction of sp³-hybridized carbons (Fsp3) is 0.235. The summed E-state index contributed by atoms with van der Waals surface area (Å²) in [6.07, 6.45) is 0.275. The molecule has 8 heteroatoms. The van der Waals surface area contributed by atoms with Crippen LogP contribution in [0.1, 0.15) is 22.3 Å². The molecule has 0 saturated heterocycles. The van der Waals surface area contributed by atoms with Crippen molar-refractivity contribution >= 4 is 15.8 Å². The van der Waals surface area contributed by atoms with Crippen molar-refractivity contribution in [3.8, 4) is 11.5 Å². The molecule has 0 aliphatic carbocycles. The monoisotopic (exact) mass is 414 g/mol. The van der Waals surface area contributed by atoms with Gasteiger partial charge in [-0.3, -0.25) is 0 Å². The Morgan fingerprint density at radius 3 is 2.32 bits per heavy atom. The van der Waals surface area contributed by atoms with Gasteiger partial charge >= 0.3 is 5.97 Å². The normalized spacial score (nSPS) is 10.8. The summed E-state index contributed by atoms with van der Waals surface area (Å²) in [4.78, 5) is 11.1. The van der Waals surface area contributed by atoms with Gasteiger partial charge in [-0.15, -0.1) is 0 Å². The van der Waals surface area contributed by atoms with Crippen molar-refractivity contribution in [2.24, 2.45) is 0 Å². The van der Waals surface area contributed by atoms with Crippen LogP contribution in [0.15, 0.2) is 47.4 Å². The van der Waals surface area contributed by atoms with E-state index in [1.54, 1.807) is 24.3 Å².